The summed E-state index contributed by atoms with van der Waals surface area (Å²) in [5.41, 5.74) is 2.14. The van der Waals surface area contributed by atoms with Crippen LogP contribution in [-0.2, 0) is 6.61 Å². The highest BCUT2D eigenvalue weighted by Gasteiger charge is 2.18. The third-order valence-corrected chi connectivity index (χ3v) is 3.71. The van der Waals surface area contributed by atoms with E-state index in [1.807, 2.05) is 26.8 Å². The van der Waals surface area contributed by atoms with Gasteiger partial charge in [-0.2, -0.15) is 0 Å². The highest BCUT2D eigenvalue weighted by Crippen LogP contribution is 2.22. The SMILES string of the molecule is CCN(CCO)C(=O)c1ccccc1OCc1c(C)noc1C. The number of para-hydroxylation sites is 1. The van der Waals surface area contributed by atoms with Crippen LogP contribution in [0.3, 0.4) is 0 Å². The zero-order valence-corrected chi connectivity index (χ0v) is 13.7. The van der Waals surface area contributed by atoms with E-state index >= 15 is 0 Å². The summed E-state index contributed by atoms with van der Waals surface area (Å²) < 4.78 is 10.9. The van der Waals surface area contributed by atoms with Crippen LogP contribution in [0.2, 0.25) is 0 Å². The van der Waals surface area contributed by atoms with Gasteiger partial charge in [-0.3, -0.25) is 4.79 Å². The van der Waals surface area contributed by atoms with Crippen molar-refractivity contribution in [3.63, 3.8) is 0 Å². The van der Waals surface area contributed by atoms with Crippen LogP contribution in [0, 0.1) is 13.8 Å². The Morgan fingerprint density at radius 1 is 1.35 bits per heavy atom. The van der Waals surface area contributed by atoms with E-state index < -0.39 is 0 Å². The Morgan fingerprint density at radius 2 is 2.09 bits per heavy atom. The molecule has 0 unspecified atom stereocenters. The summed E-state index contributed by atoms with van der Waals surface area (Å²) >= 11 is 0. The molecule has 124 valence electrons. The number of rotatable bonds is 7. The molecule has 2 aromatic rings. The molecule has 0 saturated heterocycles. The molecule has 6 nitrogen and oxygen atoms in total. The summed E-state index contributed by atoms with van der Waals surface area (Å²) in [6.45, 7) is 6.60. The maximum absolute atomic E-state index is 12.6. The van der Waals surface area contributed by atoms with E-state index in [-0.39, 0.29) is 19.1 Å². The highest BCUT2D eigenvalue weighted by molar-refractivity contribution is 5.96. The fourth-order valence-electron chi connectivity index (χ4n) is 2.32. The normalized spacial score (nSPS) is 10.6. The van der Waals surface area contributed by atoms with Crippen molar-refractivity contribution in [1.29, 1.82) is 0 Å². The molecule has 0 aliphatic carbocycles. The average molecular weight is 318 g/mol. The summed E-state index contributed by atoms with van der Waals surface area (Å²) in [5, 5.41) is 13.0. The summed E-state index contributed by atoms with van der Waals surface area (Å²) in [6.07, 6.45) is 0. The van der Waals surface area contributed by atoms with E-state index in [9.17, 15) is 4.79 Å². The number of aliphatic hydroxyl groups is 1. The Kier molecular flexibility index (Phi) is 5.76. The lowest BCUT2D eigenvalue weighted by atomic mass is 10.1. The molecule has 1 aromatic carbocycles. The van der Waals surface area contributed by atoms with Crippen LogP contribution in [0.15, 0.2) is 28.8 Å². The van der Waals surface area contributed by atoms with E-state index in [2.05, 4.69) is 5.16 Å². The van der Waals surface area contributed by atoms with Crippen LogP contribution in [-0.4, -0.2) is 40.8 Å². The Labute approximate surface area is 135 Å². The Morgan fingerprint density at radius 3 is 2.70 bits per heavy atom. The van der Waals surface area contributed by atoms with Gasteiger partial charge in [0.2, 0.25) is 0 Å². The van der Waals surface area contributed by atoms with Crippen LogP contribution >= 0.6 is 0 Å². The summed E-state index contributed by atoms with van der Waals surface area (Å²) in [4.78, 5) is 14.2. The summed E-state index contributed by atoms with van der Waals surface area (Å²) in [5.74, 6) is 1.06. The maximum atomic E-state index is 12.6. The molecule has 0 atom stereocenters. The lowest BCUT2D eigenvalue weighted by Gasteiger charge is -2.21. The number of aryl methyl sites for hydroxylation is 2. The van der Waals surface area contributed by atoms with Gasteiger partial charge < -0.3 is 19.3 Å². The van der Waals surface area contributed by atoms with Crippen molar-refractivity contribution < 1.29 is 19.2 Å². The second-order valence-corrected chi connectivity index (χ2v) is 5.20. The molecule has 0 aliphatic heterocycles. The van der Waals surface area contributed by atoms with Gasteiger partial charge in [0.15, 0.2) is 0 Å². The monoisotopic (exact) mass is 318 g/mol. The number of carbonyl (C=O) groups excluding carboxylic acids is 1. The Balaban J connectivity index is 2.19. The van der Waals surface area contributed by atoms with Crippen molar-refractivity contribution in [1.82, 2.24) is 10.1 Å². The minimum Gasteiger partial charge on any atom is -0.488 e. The van der Waals surface area contributed by atoms with Crippen LogP contribution in [0.4, 0.5) is 0 Å². The predicted octanol–water partition coefficient (Wildman–Crippen LogP) is 2.32. The number of amides is 1. The smallest absolute Gasteiger partial charge is 0.257 e. The van der Waals surface area contributed by atoms with E-state index in [1.165, 1.54) is 0 Å². The van der Waals surface area contributed by atoms with Gasteiger partial charge in [-0.15, -0.1) is 0 Å². The minimum absolute atomic E-state index is 0.0678. The quantitative estimate of drug-likeness (QED) is 0.848. The molecular formula is C17H22N2O4. The van der Waals surface area contributed by atoms with Gasteiger partial charge in [-0.1, -0.05) is 17.3 Å². The fourth-order valence-corrected chi connectivity index (χ4v) is 2.32. The zero-order chi connectivity index (χ0) is 16.8. The molecule has 2 rings (SSSR count). The molecule has 1 amide bonds. The molecule has 0 radical (unpaired) electrons. The number of nitrogens with zero attached hydrogens (tertiary/aromatic N) is 2. The first-order chi connectivity index (χ1) is 11.1. The van der Waals surface area contributed by atoms with Gasteiger partial charge in [0.1, 0.15) is 18.1 Å². The molecule has 23 heavy (non-hydrogen) atoms. The second kappa shape index (κ2) is 7.78. The number of carbonyl (C=O) groups is 1. The first kappa shape index (κ1) is 17.0. The Bertz CT molecular complexity index is 647. The molecule has 0 fully saturated rings. The highest BCUT2D eigenvalue weighted by atomic mass is 16.5. The van der Waals surface area contributed by atoms with Crippen molar-refractivity contribution in [2.45, 2.75) is 27.4 Å². The van der Waals surface area contributed by atoms with Crippen molar-refractivity contribution in [3.05, 3.63) is 46.8 Å². The lowest BCUT2D eigenvalue weighted by Crippen LogP contribution is -2.33. The van der Waals surface area contributed by atoms with Crippen LogP contribution < -0.4 is 4.74 Å². The number of likely N-dealkylation sites (N-methyl/N-ethyl adjacent to an activating group) is 1. The van der Waals surface area contributed by atoms with Gasteiger partial charge in [0.05, 0.1) is 23.4 Å². The molecule has 1 heterocycles. The van der Waals surface area contributed by atoms with Crippen molar-refractivity contribution >= 4 is 5.91 Å². The van der Waals surface area contributed by atoms with Crippen LogP contribution in [0.1, 0.15) is 34.3 Å². The minimum atomic E-state index is -0.157. The molecule has 0 bridgehead atoms. The number of hydrogen-bond acceptors (Lipinski definition) is 5. The lowest BCUT2D eigenvalue weighted by molar-refractivity contribution is 0.0727. The number of hydrogen-bond donors (Lipinski definition) is 1. The first-order valence-electron chi connectivity index (χ1n) is 7.62. The molecular weight excluding hydrogens is 296 g/mol. The van der Waals surface area contributed by atoms with Gasteiger partial charge in [-0.25, -0.2) is 0 Å². The zero-order valence-electron chi connectivity index (χ0n) is 13.7. The third-order valence-electron chi connectivity index (χ3n) is 3.71. The van der Waals surface area contributed by atoms with Gasteiger partial charge in [0, 0.05) is 13.1 Å². The molecule has 1 N–H and O–H groups in total. The van der Waals surface area contributed by atoms with Crippen molar-refractivity contribution in [3.8, 4) is 5.75 Å². The fraction of sp³-hybridized carbons (Fsp3) is 0.412. The topological polar surface area (TPSA) is 75.8 Å². The maximum Gasteiger partial charge on any atom is 0.257 e. The van der Waals surface area contributed by atoms with Gasteiger partial charge in [-0.05, 0) is 32.9 Å². The molecule has 6 heteroatoms. The van der Waals surface area contributed by atoms with E-state index in [4.69, 9.17) is 14.4 Å². The standard InChI is InChI=1S/C17H22N2O4/c1-4-19(9-10-20)17(21)14-7-5-6-8-16(14)22-11-15-12(2)18-23-13(15)3/h5-8,20H,4,9-11H2,1-3H3. The molecule has 0 spiro atoms. The third kappa shape index (κ3) is 3.90. The summed E-state index contributed by atoms with van der Waals surface area (Å²) in [7, 11) is 0. The van der Waals surface area contributed by atoms with Crippen molar-refractivity contribution in [2.75, 3.05) is 19.7 Å². The molecule has 0 aliphatic rings. The van der Waals surface area contributed by atoms with E-state index in [0.29, 0.717) is 30.2 Å². The number of ether oxygens (including phenoxy) is 1. The largest absolute Gasteiger partial charge is 0.488 e. The number of benzene rings is 1. The molecule has 0 saturated carbocycles. The van der Waals surface area contributed by atoms with Gasteiger partial charge >= 0.3 is 0 Å². The second-order valence-electron chi connectivity index (χ2n) is 5.20. The van der Waals surface area contributed by atoms with E-state index in [0.717, 1.165) is 11.3 Å². The van der Waals surface area contributed by atoms with Crippen LogP contribution in [0.5, 0.6) is 5.75 Å². The van der Waals surface area contributed by atoms with Gasteiger partial charge in [0.25, 0.3) is 5.91 Å². The Hall–Kier alpha value is -2.34. The predicted molar refractivity (Wildman–Crippen MR) is 85.4 cm³/mol. The number of aromatic nitrogens is 1. The average Bonchev–Trinajstić information content (AvgIpc) is 2.88. The number of aliphatic hydroxyl groups excluding tert-OH is 1. The summed E-state index contributed by atoms with van der Waals surface area (Å²) in [6, 6.07) is 7.10. The van der Waals surface area contributed by atoms with E-state index in [1.54, 1.807) is 23.1 Å². The molecule has 1 aromatic heterocycles. The first-order valence-corrected chi connectivity index (χ1v) is 7.62. The van der Waals surface area contributed by atoms with Crippen molar-refractivity contribution in [2.24, 2.45) is 0 Å². The van der Waals surface area contributed by atoms with Crippen LogP contribution in [0.25, 0.3) is 0 Å².